The predicted octanol–water partition coefficient (Wildman–Crippen LogP) is 1.29. The van der Waals surface area contributed by atoms with Gasteiger partial charge in [-0.3, -0.25) is 5.84 Å². The summed E-state index contributed by atoms with van der Waals surface area (Å²) in [4.78, 5) is 0. The first-order chi connectivity index (χ1) is 6.09. The Labute approximate surface area is 86.3 Å². The summed E-state index contributed by atoms with van der Waals surface area (Å²) in [5.41, 5.74) is 0.875. The van der Waals surface area contributed by atoms with Crippen molar-refractivity contribution in [1.82, 2.24) is 5.01 Å². The summed E-state index contributed by atoms with van der Waals surface area (Å²) in [6.45, 7) is 0.432. The van der Waals surface area contributed by atoms with Gasteiger partial charge in [-0.1, -0.05) is 28.1 Å². The second-order valence-electron chi connectivity index (χ2n) is 3.01. The van der Waals surface area contributed by atoms with Gasteiger partial charge < -0.3 is 5.11 Å². The molecule has 1 atom stereocenters. The van der Waals surface area contributed by atoms with Gasteiger partial charge in [-0.25, -0.2) is 5.01 Å². The zero-order valence-electron chi connectivity index (χ0n) is 7.44. The lowest BCUT2D eigenvalue weighted by molar-refractivity contribution is 0.127. The van der Waals surface area contributed by atoms with Crippen molar-refractivity contribution in [3.05, 3.63) is 34.3 Å². The summed E-state index contributed by atoms with van der Waals surface area (Å²) in [7, 11) is 1.72. The van der Waals surface area contributed by atoms with Crippen LogP contribution in [0, 0.1) is 0 Å². The lowest BCUT2D eigenvalue weighted by Gasteiger charge is -2.15. The summed E-state index contributed by atoms with van der Waals surface area (Å²) >= 11 is 3.33. The molecule has 1 unspecified atom stereocenters. The Morgan fingerprint density at radius 3 is 2.46 bits per heavy atom. The maximum atomic E-state index is 9.64. The highest BCUT2D eigenvalue weighted by Crippen LogP contribution is 2.16. The molecule has 1 rings (SSSR count). The number of benzene rings is 1. The number of hydrazine groups is 1. The second-order valence-corrected chi connectivity index (χ2v) is 3.92. The smallest absolute Gasteiger partial charge is 0.0930 e. The van der Waals surface area contributed by atoms with E-state index in [4.69, 9.17) is 5.84 Å². The molecule has 0 saturated heterocycles. The van der Waals surface area contributed by atoms with Crippen LogP contribution in [0.3, 0.4) is 0 Å². The largest absolute Gasteiger partial charge is 0.387 e. The number of halogens is 1. The lowest BCUT2D eigenvalue weighted by atomic mass is 10.1. The van der Waals surface area contributed by atoms with Gasteiger partial charge in [0.15, 0.2) is 0 Å². The number of aliphatic hydroxyl groups is 1. The zero-order chi connectivity index (χ0) is 9.84. The molecule has 0 spiro atoms. The summed E-state index contributed by atoms with van der Waals surface area (Å²) in [5, 5.41) is 11.1. The van der Waals surface area contributed by atoms with Crippen LogP contribution in [0.5, 0.6) is 0 Å². The molecule has 0 saturated carbocycles. The van der Waals surface area contributed by atoms with Gasteiger partial charge in [-0.15, -0.1) is 0 Å². The molecule has 0 heterocycles. The molecule has 0 amide bonds. The van der Waals surface area contributed by atoms with Gasteiger partial charge in [0, 0.05) is 18.1 Å². The molecule has 4 heteroatoms. The molecule has 0 radical (unpaired) electrons. The molecule has 3 nitrogen and oxygen atoms in total. The summed E-state index contributed by atoms with van der Waals surface area (Å²) in [6, 6.07) is 7.54. The first kappa shape index (κ1) is 10.7. The molecule has 3 N–H and O–H groups in total. The fraction of sp³-hybridized carbons (Fsp3) is 0.333. The monoisotopic (exact) mass is 244 g/mol. The number of likely N-dealkylation sites (N-methyl/N-ethyl adjacent to an activating group) is 1. The predicted molar refractivity (Wildman–Crippen MR) is 55.9 cm³/mol. The van der Waals surface area contributed by atoms with Crippen molar-refractivity contribution in [1.29, 1.82) is 0 Å². The molecular formula is C9H13BrN2O. The molecule has 13 heavy (non-hydrogen) atoms. The van der Waals surface area contributed by atoms with Crippen LogP contribution in [0.1, 0.15) is 11.7 Å². The van der Waals surface area contributed by atoms with Gasteiger partial charge in [-0.05, 0) is 17.7 Å². The van der Waals surface area contributed by atoms with E-state index in [-0.39, 0.29) is 0 Å². The quantitative estimate of drug-likeness (QED) is 0.623. The van der Waals surface area contributed by atoms with Crippen molar-refractivity contribution in [2.45, 2.75) is 6.10 Å². The Kier molecular flexibility index (Phi) is 3.87. The standard InChI is InChI=1S/C9H13BrN2O/c1-12(11)6-9(13)7-2-4-8(10)5-3-7/h2-5,9,13H,6,11H2,1H3. The molecule has 0 aliphatic heterocycles. The molecule has 0 aromatic heterocycles. The van der Waals surface area contributed by atoms with Gasteiger partial charge >= 0.3 is 0 Å². The van der Waals surface area contributed by atoms with E-state index in [1.54, 1.807) is 7.05 Å². The first-order valence-electron chi connectivity index (χ1n) is 3.99. The van der Waals surface area contributed by atoms with Crippen molar-refractivity contribution >= 4 is 15.9 Å². The highest BCUT2D eigenvalue weighted by Gasteiger charge is 2.07. The maximum Gasteiger partial charge on any atom is 0.0930 e. The molecule has 0 aliphatic rings. The van der Waals surface area contributed by atoms with E-state index in [1.807, 2.05) is 24.3 Å². The van der Waals surface area contributed by atoms with E-state index < -0.39 is 6.10 Å². The summed E-state index contributed by atoms with van der Waals surface area (Å²) in [5.74, 6) is 5.42. The highest BCUT2D eigenvalue weighted by molar-refractivity contribution is 9.10. The maximum absolute atomic E-state index is 9.64. The minimum atomic E-state index is -0.525. The molecule has 0 fully saturated rings. The minimum Gasteiger partial charge on any atom is -0.387 e. The number of aliphatic hydroxyl groups excluding tert-OH is 1. The Bertz CT molecular complexity index is 261. The van der Waals surface area contributed by atoms with Crippen LogP contribution in [0.15, 0.2) is 28.7 Å². The van der Waals surface area contributed by atoms with Crippen molar-refractivity contribution in [2.75, 3.05) is 13.6 Å². The van der Waals surface area contributed by atoms with Gasteiger partial charge in [0.1, 0.15) is 0 Å². The van der Waals surface area contributed by atoms with Crippen molar-refractivity contribution in [3.8, 4) is 0 Å². The normalized spacial score (nSPS) is 13.3. The van der Waals surface area contributed by atoms with Crippen LogP contribution in [0.2, 0.25) is 0 Å². The van der Waals surface area contributed by atoms with Gasteiger partial charge in [0.25, 0.3) is 0 Å². The number of rotatable bonds is 3. The van der Waals surface area contributed by atoms with Crippen LogP contribution in [-0.4, -0.2) is 23.7 Å². The van der Waals surface area contributed by atoms with E-state index in [1.165, 1.54) is 5.01 Å². The molecule has 1 aromatic rings. The van der Waals surface area contributed by atoms with Crippen molar-refractivity contribution in [2.24, 2.45) is 5.84 Å². The topological polar surface area (TPSA) is 49.5 Å². The van der Waals surface area contributed by atoms with Gasteiger partial charge in [0.2, 0.25) is 0 Å². The van der Waals surface area contributed by atoms with Crippen molar-refractivity contribution < 1.29 is 5.11 Å². The molecule has 0 aliphatic carbocycles. The van der Waals surface area contributed by atoms with Crippen LogP contribution < -0.4 is 5.84 Å². The third kappa shape index (κ3) is 3.44. The van der Waals surface area contributed by atoms with Gasteiger partial charge in [-0.2, -0.15) is 0 Å². The Hall–Kier alpha value is -0.420. The summed E-state index contributed by atoms with van der Waals surface area (Å²) < 4.78 is 1.00. The number of nitrogens with two attached hydrogens (primary N) is 1. The van der Waals surface area contributed by atoms with E-state index in [0.29, 0.717) is 6.54 Å². The molecule has 0 bridgehead atoms. The SMILES string of the molecule is CN(N)CC(O)c1ccc(Br)cc1. The average Bonchev–Trinajstić information content (AvgIpc) is 2.04. The van der Waals surface area contributed by atoms with Crippen LogP contribution in [0.25, 0.3) is 0 Å². The van der Waals surface area contributed by atoms with E-state index >= 15 is 0 Å². The number of hydrogen-bond acceptors (Lipinski definition) is 3. The highest BCUT2D eigenvalue weighted by atomic mass is 79.9. The van der Waals surface area contributed by atoms with Crippen LogP contribution >= 0.6 is 15.9 Å². The van der Waals surface area contributed by atoms with Crippen LogP contribution in [-0.2, 0) is 0 Å². The Morgan fingerprint density at radius 2 is 2.00 bits per heavy atom. The molecule has 72 valence electrons. The van der Waals surface area contributed by atoms with Crippen molar-refractivity contribution in [3.63, 3.8) is 0 Å². The van der Waals surface area contributed by atoms with Crippen LogP contribution in [0.4, 0.5) is 0 Å². The third-order valence-corrected chi connectivity index (χ3v) is 2.24. The Balaban J connectivity index is 2.66. The molecular weight excluding hydrogens is 232 g/mol. The zero-order valence-corrected chi connectivity index (χ0v) is 9.03. The van der Waals surface area contributed by atoms with E-state index in [0.717, 1.165) is 10.0 Å². The number of nitrogens with zero attached hydrogens (tertiary/aromatic N) is 1. The average molecular weight is 245 g/mol. The second kappa shape index (κ2) is 4.72. The van der Waals surface area contributed by atoms with E-state index in [9.17, 15) is 5.11 Å². The molecule has 1 aromatic carbocycles. The minimum absolute atomic E-state index is 0.432. The summed E-state index contributed by atoms with van der Waals surface area (Å²) in [6.07, 6.45) is -0.525. The fourth-order valence-corrected chi connectivity index (χ4v) is 1.33. The first-order valence-corrected chi connectivity index (χ1v) is 4.78. The van der Waals surface area contributed by atoms with Gasteiger partial charge in [0.05, 0.1) is 6.10 Å². The Morgan fingerprint density at radius 1 is 1.46 bits per heavy atom. The number of hydrogen-bond donors (Lipinski definition) is 2. The third-order valence-electron chi connectivity index (χ3n) is 1.72. The lowest BCUT2D eigenvalue weighted by Crippen LogP contribution is -2.30. The fourth-order valence-electron chi connectivity index (χ4n) is 1.06. The van der Waals surface area contributed by atoms with E-state index in [2.05, 4.69) is 15.9 Å².